The zero-order chi connectivity index (χ0) is 10.4. The molecule has 0 aliphatic carbocycles. The minimum Gasteiger partial charge on any atom is -0.469 e. The summed E-state index contributed by atoms with van der Waals surface area (Å²) in [5, 5.41) is 0. The van der Waals surface area contributed by atoms with Crippen LogP contribution in [0.1, 0.15) is 18.6 Å². The van der Waals surface area contributed by atoms with E-state index in [-0.39, 0.29) is 6.04 Å². The van der Waals surface area contributed by atoms with Crippen molar-refractivity contribution in [3.8, 4) is 0 Å². The first-order chi connectivity index (χ1) is 6.68. The number of nitrogens with zero attached hydrogens (tertiary/aromatic N) is 1. The molecule has 1 rings (SSSR count). The molecule has 2 N–H and O–H groups in total. The zero-order valence-corrected chi connectivity index (χ0v) is 9.07. The van der Waals surface area contributed by atoms with E-state index in [1.807, 2.05) is 12.1 Å². The van der Waals surface area contributed by atoms with Crippen molar-refractivity contribution in [2.24, 2.45) is 5.73 Å². The maximum absolute atomic E-state index is 5.97. The number of hydrogen-bond donors (Lipinski definition) is 1. The first kappa shape index (κ1) is 11.3. The van der Waals surface area contributed by atoms with E-state index in [0.29, 0.717) is 0 Å². The van der Waals surface area contributed by atoms with Crippen LogP contribution >= 0.6 is 0 Å². The Kier molecular flexibility index (Phi) is 4.70. The molecule has 14 heavy (non-hydrogen) atoms. The third-order valence-corrected chi connectivity index (χ3v) is 2.29. The smallest absolute Gasteiger partial charge is 0.103 e. The van der Waals surface area contributed by atoms with Crippen molar-refractivity contribution in [2.75, 3.05) is 20.6 Å². The second kappa shape index (κ2) is 5.83. The van der Waals surface area contributed by atoms with Gasteiger partial charge in [-0.05, 0) is 45.6 Å². The van der Waals surface area contributed by atoms with Gasteiger partial charge in [0.1, 0.15) is 5.76 Å². The van der Waals surface area contributed by atoms with Gasteiger partial charge in [-0.2, -0.15) is 0 Å². The Morgan fingerprint density at radius 1 is 1.43 bits per heavy atom. The summed E-state index contributed by atoms with van der Waals surface area (Å²) in [4.78, 5) is 2.16. The van der Waals surface area contributed by atoms with E-state index in [1.54, 1.807) is 6.26 Å². The van der Waals surface area contributed by atoms with Crippen LogP contribution in [-0.2, 0) is 6.42 Å². The molecule has 80 valence electrons. The Hall–Kier alpha value is -0.800. The fraction of sp³-hybridized carbons (Fsp3) is 0.636. The number of rotatable bonds is 6. The van der Waals surface area contributed by atoms with Gasteiger partial charge in [0.15, 0.2) is 0 Å². The van der Waals surface area contributed by atoms with Gasteiger partial charge in [0.05, 0.1) is 6.26 Å². The maximum Gasteiger partial charge on any atom is 0.103 e. The first-order valence-corrected chi connectivity index (χ1v) is 5.11. The summed E-state index contributed by atoms with van der Waals surface area (Å²) in [5.41, 5.74) is 5.97. The summed E-state index contributed by atoms with van der Waals surface area (Å²) < 4.78 is 5.24. The van der Waals surface area contributed by atoms with Gasteiger partial charge in [0, 0.05) is 12.5 Å². The molecular formula is C11H20N2O. The van der Waals surface area contributed by atoms with Gasteiger partial charge in [0.25, 0.3) is 0 Å². The number of furan rings is 1. The van der Waals surface area contributed by atoms with Gasteiger partial charge in [-0.3, -0.25) is 0 Å². The van der Waals surface area contributed by atoms with Gasteiger partial charge in [-0.1, -0.05) is 0 Å². The molecule has 0 amide bonds. The number of aryl methyl sites for hydroxylation is 1. The van der Waals surface area contributed by atoms with Crippen molar-refractivity contribution in [1.29, 1.82) is 0 Å². The van der Waals surface area contributed by atoms with Crippen LogP contribution < -0.4 is 5.73 Å². The highest BCUT2D eigenvalue weighted by Crippen LogP contribution is 2.06. The number of hydrogen-bond acceptors (Lipinski definition) is 3. The zero-order valence-electron chi connectivity index (χ0n) is 9.07. The predicted octanol–water partition coefficient (Wildman–Crippen LogP) is 1.49. The molecule has 1 aromatic rings. The van der Waals surface area contributed by atoms with E-state index >= 15 is 0 Å². The topological polar surface area (TPSA) is 42.4 Å². The molecular weight excluding hydrogens is 176 g/mol. The standard InChI is InChI=1S/C11H20N2O/c1-13(2)8-7-10(12)5-6-11-4-3-9-14-11/h3-4,9-10H,5-8,12H2,1-2H3. The molecule has 1 heterocycles. The quantitative estimate of drug-likeness (QED) is 0.749. The Labute approximate surface area is 85.9 Å². The van der Waals surface area contributed by atoms with E-state index in [9.17, 15) is 0 Å². The predicted molar refractivity (Wildman–Crippen MR) is 58.2 cm³/mol. The van der Waals surface area contributed by atoms with Crippen molar-refractivity contribution in [3.63, 3.8) is 0 Å². The van der Waals surface area contributed by atoms with Crippen LogP contribution in [0, 0.1) is 0 Å². The van der Waals surface area contributed by atoms with E-state index in [4.69, 9.17) is 10.2 Å². The summed E-state index contributed by atoms with van der Waals surface area (Å²) in [6.45, 7) is 1.05. The summed E-state index contributed by atoms with van der Waals surface area (Å²) in [5.74, 6) is 1.03. The van der Waals surface area contributed by atoms with Crippen molar-refractivity contribution < 1.29 is 4.42 Å². The van der Waals surface area contributed by atoms with Gasteiger partial charge >= 0.3 is 0 Å². The van der Waals surface area contributed by atoms with Crippen LogP contribution in [-0.4, -0.2) is 31.6 Å². The maximum atomic E-state index is 5.97. The molecule has 0 saturated heterocycles. The monoisotopic (exact) mass is 196 g/mol. The number of nitrogens with two attached hydrogens (primary N) is 1. The fourth-order valence-corrected chi connectivity index (χ4v) is 1.35. The van der Waals surface area contributed by atoms with E-state index in [2.05, 4.69) is 19.0 Å². The van der Waals surface area contributed by atoms with Crippen LogP contribution in [0.15, 0.2) is 22.8 Å². The van der Waals surface area contributed by atoms with E-state index < -0.39 is 0 Å². The molecule has 0 fully saturated rings. The normalized spacial score (nSPS) is 13.4. The SMILES string of the molecule is CN(C)CCC(N)CCc1ccco1. The Morgan fingerprint density at radius 2 is 2.21 bits per heavy atom. The average Bonchev–Trinajstić information content (AvgIpc) is 2.63. The molecule has 0 aliphatic rings. The fourth-order valence-electron chi connectivity index (χ4n) is 1.35. The second-order valence-corrected chi connectivity index (χ2v) is 3.97. The molecule has 0 spiro atoms. The van der Waals surface area contributed by atoms with Crippen molar-refractivity contribution in [1.82, 2.24) is 4.90 Å². The third-order valence-electron chi connectivity index (χ3n) is 2.29. The lowest BCUT2D eigenvalue weighted by molar-refractivity contribution is 0.371. The molecule has 3 nitrogen and oxygen atoms in total. The Balaban J connectivity index is 2.12. The highest BCUT2D eigenvalue weighted by Gasteiger charge is 2.04. The molecule has 3 heteroatoms. The molecule has 1 unspecified atom stereocenters. The van der Waals surface area contributed by atoms with E-state index in [0.717, 1.165) is 31.6 Å². The highest BCUT2D eigenvalue weighted by atomic mass is 16.3. The lowest BCUT2D eigenvalue weighted by Crippen LogP contribution is -2.26. The average molecular weight is 196 g/mol. The minimum absolute atomic E-state index is 0.280. The highest BCUT2D eigenvalue weighted by molar-refractivity contribution is 4.98. The lowest BCUT2D eigenvalue weighted by atomic mass is 10.1. The second-order valence-electron chi connectivity index (χ2n) is 3.97. The molecule has 1 aromatic heterocycles. The van der Waals surface area contributed by atoms with Gasteiger partial charge in [0.2, 0.25) is 0 Å². The Morgan fingerprint density at radius 3 is 2.79 bits per heavy atom. The van der Waals surface area contributed by atoms with Gasteiger partial charge < -0.3 is 15.1 Å². The first-order valence-electron chi connectivity index (χ1n) is 5.11. The van der Waals surface area contributed by atoms with Crippen molar-refractivity contribution in [2.45, 2.75) is 25.3 Å². The third kappa shape index (κ3) is 4.44. The summed E-state index contributed by atoms with van der Waals surface area (Å²) in [6.07, 6.45) is 4.71. The van der Waals surface area contributed by atoms with E-state index in [1.165, 1.54) is 0 Å². The summed E-state index contributed by atoms with van der Waals surface area (Å²) in [7, 11) is 4.14. The molecule has 0 radical (unpaired) electrons. The van der Waals surface area contributed by atoms with Crippen LogP contribution in [0.3, 0.4) is 0 Å². The lowest BCUT2D eigenvalue weighted by Gasteiger charge is -2.14. The van der Waals surface area contributed by atoms with Crippen molar-refractivity contribution >= 4 is 0 Å². The molecule has 0 aromatic carbocycles. The molecule has 0 saturated carbocycles. The largest absolute Gasteiger partial charge is 0.469 e. The van der Waals surface area contributed by atoms with Gasteiger partial charge in [-0.15, -0.1) is 0 Å². The van der Waals surface area contributed by atoms with Crippen LogP contribution in [0.25, 0.3) is 0 Å². The Bertz CT molecular complexity index is 231. The van der Waals surface area contributed by atoms with Gasteiger partial charge in [-0.25, -0.2) is 0 Å². The van der Waals surface area contributed by atoms with Crippen LogP contribution in [0.4, 0.5) is 0 Å². The molecule has 1 atom stereocenters. The van der Waals surface area contributed by atoms with Crippen LogP contribution in [0.2, 0.25) is 0 Å². The van der Waals surface area contributed by atoms with Crippen LogP contribution in [0.5, 0.6) is 0 Å². The minimum atomic E-state index is 0.280. The molecule has 0 bridgehead atoms. The summed E-state index contributed by atoms with van der Waals surface area (Å²) in [6, 6.07) is 4.20. The van der Waals surface area contributed by atoms with Crippen molar-refractivity contribution in [3.05, 3.63) is 24.2 Å². The summed E-state index contributed by atoms with van der Waals surface area (Å²) >= 11 is 0. The molecule has 0 aliphatic heterocycles.